The lowest BCUT2D eigenvalue weighted by Crippen LogP contribution is -1.87. The first-order chi connectivity index (χ1) is 8.75. The van der Waals surface area contributed by atoms with Crippen LogP contribution in [0.3, 0.4) is 0 Å². The molecule has 1 heterocycles. The van der Waals surface area contributed by atoms with Gasteiger partial charge in [0, 0.05) is 26.4 Å². The molecular weight excluding hydrogens is 190 g/mol. The van der Waals surface area contributed by atoms with E-state index in [9.17, 15) is 0 Å². The summed E-state index contributed by atoms with van der Waals surface area (Å²) in [7, 11) is 0. The largest absolute Gasteiger partial charge is 0.263 e. The molecule has 0 spiro atoms. The number of hydrogen-bond acceptors (Lipinski definition) is 1. The first-order valence-electron chi connectivity index (χ1n) is 7.39. The average Bonchev–Trinajstić information content (AvgIpc) is 2.22. The maximum Gasteiger partial charge on any atom is 0.0852 e. The minimum absolute atomic E-state index is 0.256. The van der Waals surface area contributed by atoms with Gasteiger partial charge in [0.15, 0.2) is 0 Å². The fourth-order valence-electron chi connectivity index (χ4n) is 0.417. The third-order valence-electron chi connectivity index (χ3n) is 0.807. The second kappa shape index (κ2) is 3.15. The van der Waals surface area contributed by atoms with Crippen molar-refractivity contribution in [2.45, 2.75) is 19.6 Å². The molecule has 54 valence electrons. The second-order valence-corrected chi connectivity index (χ2v) is 2.32. The van der Waals surface area contributed by atoms with Gasteiger partial charge >= 0.3 is 0 Å². The van der Waals surface area contributed by atoms with Gasteiger partial charge in [0.05, 0.1) is 4.11 Å². The molecule has 0 unspecified atom stereocenters. The van der Waals surface area contributed by atoms with Crippen LogP contribution in [0.1, 0.15) is 38.9 Å². The Morgan fingerprint density at radius 2 is 2.60 bits per heavy atom. The molecular formula is C8H10BrN. The van der Waals surface area contributed by atoms with Crippen molar-refractivity contribution < 1.29 is 13.7 Å². The van der Waals surface area contributed by atoms with E-state index in [1.807, 2.05) is 0 Å². The highest BCUT2D eigenvalue weighted by Gasteiger charge is 1.97. The molecule has 0 aliphatic rings. The van der Waals surface area contributed by atoms with Gasteiger partial charge < -0.3 is 0 Å². The fourth-order valence-corrected chi connectivity index (χ4v) is 0.704. The Bertz CT molecular complexity index is 520. The molecule has 0 N–H and O–H groups in total. The molecule has 0 aliphatic carbocycles. The number of halogens is 1. The minimum Gasteiger partial charge on any atom is -0.263 e. The van der Waals surface area contributed by atoms with Crippen molar-refractivity contribution in [3.05, 3.63) is 28.4 Å². The van der Waals surface area contributed by atoms with E-state index in [2.05, 4.69) is 20.9 Å². The van der Waals surface area contributed by atoms with Crippen LogP contribution in [0.15, 0.2) is 22.9 Å². The molecule has 0 fully saturated rings. The third kappa shape index (κ3) is 1.81. The van der Waals surface area contributed by atoms with Gasteiger partial charge in [-0.2, -0.15) is 0 Å². The number of aromatic nitrogens is 1. The molecule has 1 aromatic heterocycles. The van der Waals surface area contributed by atoms with E-state index in [1.165, 1.54) is 0 Å². The van der Waals surface area contributed by atoms with Gasteiger partial charge in [-0.05, 0) is 33.4 Å². The third-order valence-corrected chi connectivity index (χ3v) is 1.18. The van der Waals surface area contributed by atoms with Gasteiger partial charge in [0.25, 0.3) is 0 Å². The van der Waals surface area contributed by atoms with E-state index in [0.717, 1.165) is 0 Å². The average molecular weight is 210 g/mol. The van der Waals surface area contributed by atoms with Crippen molar-refractivity contribution in [2.24, 2.45) is 0 Å². The predicted octanol–water partition coefficient (Wildman–Crippen LogP) is 2.97. The summed E-state index contributed by atoms with van der Waals surface area (Å²) < 4.78 is 74.3. The topological polar surface area (TPSA) is 12.9 Å². The summed E-state index contributed by atoms with van der Waals surface area (Å²) in [5.74, 6) is -3.17. The van der Waals surface area contributed by atoms with Gasteiger partial charge in [-0.1, -0.05) is 13.7 Å². The van der Waals surface area contributed by atoms with Crippen LogP contribution in [-0.2, 0) is 0 Å². The van der Waals surface area contributed by atoms with Gasteiger partial charge in [0.2, 0.25) is 0 Å². The lowest BCUT2D eigenvalue weighted by molar-refractivity contribution is 0.857. The molecule has 0 amide bonds. The van der Waals surface area contributed by atoms with Crippen LogP contribution in [0, 0.1) is 0 Å². The Balaban J connectivity index is 3.83. The van der Waals surface area contributed by atoms with E-state index < -0.39 is 43.5 Å². The highest BCUT2D eigenvalue weighted by Crippen LogP contribution is 2.16. The van der Waals surface area contributed by atoms with E-state index in [0.29, 0.717) is 0 Å². The lowest BCUT2D eigenvalue weighted by Gasteiger charge is -2.02. The number of rotatable bonds is 1. The van der Waals surface area contributed by atoms with Crippen LogP contribution < -0.4 is 0 Å². The van der Waals surface area contributed by atoms with E-state index in [4.69, 9.17) is 13.7 Å². The van der Waals surface area contributed by atoms with Crippen LogP contribution in [0.25, 0.3) is 0 Å². The minimum atomic E-state index is -3.30. The monoisotopic (exact) mass is 209 g/mol. The van der Waals surface area contributed by atoms with Crippen LogP contribution in [0.5, 0.6) is 0 Å². The summed E-state index contributed by atoms with van der Waals surface area (Å²) >= 11 is 2.82. The summed E-state index contributed by atoms with van der Waals surface area (Å²) in [4.78, 5) is 3.37. The van der Waals surface area contributed by atoms with Crippen molar-refractivity contribution in [1.82, 2.24) is 4.98 Å². The summed E-state index contributed by atoms with van der Waals surface area (Å²) in [6.07, 6.45) is -1.37. The van der Waals surface area contributed by atoms with E-state index in [1.54, 1.807) is 0 Å². The number of nitrogens with zero attached hydrogens (tertiary/aromatic N) is 1. The molecule has 0 atom stereocenters. The first-order valence-corrected chi connectivity index (χ1v) is 3.18. The number of hydrogen-bond donors (Lipinski definition) is 0. The maximum atomic E-state index is 7.93. The normalized spacial score (nSPS) is 28.5. The zero-order valence-electron chi connectivity index (χ0n) is 14.8. The SMILES string of the molecule is [2H]c1nc([2H])c(C([2H])(C([2H])([2H])[2H])C([2H])([2H])[2H])c([2H])c1Br. The Morgan fingerprint density at radius 1 is 1.80 bits per heavy atom. The second-order valence-electron chi connectivity index (χ2n) is 1.52. The van der Waals surface area contributed by atoms with Crippen molar-refractivity contribution in [3.8, 4) is 0 Å². The highest BCUT2D eigenvalue weighted by molar-refractivity contribution is 9.10. The van der Waals surface area contributed by atoms with Crippen molar-refractivity contribution >= 4 is 15.9 Å². The molecule has 0 saturated carbocycles. The molecule has 1 aromatic rings. The Labute approximate surface area is 83.7 Å². The molecule has 1 rings (SSSR count). The molecule has 0 aliphatic heterocycles. The summed E-state index contributed by atoms with van der Waals surface area (Å²) in [5.41, 5.74) is -0.847. The van der Waals surface area contributed by atoms with E-state index in [-0.39, 0.29) is 4.47 Å². The molecule has 0 saturated heterocycles. The van der Waals surface area contributed by atoms with Crippen LogP contribution >= 0.6 is 15.9 Å². The van der Waals surface area contributed by atoms with Crippen molar-refractivity contribution in [3.63, 3.8) is 0 Å². The molecule has 0 bridgehead atoms. The standard InChI is InChI=1S/C8H10BrN/c1-6(2)7-3-8(9)5-10-4-7/h3-6H,1-2H3/i1D3,2D3,3D,4D,5D,6D. The van der Waals surface area contributed by atoms with Gasteiger partial charge in [-0.15, -0.1) is 0 Å². The summed E-state index contributed by atoms with van der Waals surface area (Å²) in [5, 5.41) is 0. The molecule has 10 heavy (non-hydrogen) atoms. The fraction of sp³-hybridized carbons (Fsp3) is 0.375. The Kier molecular flexibility index (Phi) is 0.586. The van der Waals surface area contributed by atoms with E-state index >= 15 is 0 Å². The van der Waals surface area contributed by atoms with Crippen LogP contribution in [-0.4, -0.2) is 4.98 Å². The molecule has 2 heteroatoms. The zero-order chi connectivity index (χ0) is 16.1. The predicted molar refractivity (Wildman–Crippen MR) is 46.0 cm³/mol. The first kappa shape index (κ1) is 1.86. The van der Waals surface area contributed by atoms with Crippen LogP contribution in [0.4, 0.5) is 0 Å². The van der Waals surface area contributed by atoms with Crippen molar-refractivity contribution in [1.29, 1.82) is 0 Å². The summed E-state index contributed by atoms with van der Waals surface area (Å²) in [6, 6.07) is -0.697. The summed E-state index contributed by atoms with van der Waals surface area (Å²) in [6.45, 7) is -6.59. The lowest BCUT2D eigenvalue weighted by atomic mass is 10.1. The maximum absolute atomic E-state index is 7.93. The molecule has 0 aromatic carbocycles. The van der Waals surface area contributed by atoms with Gasteiger partial charge in [0.1, 0.15) is 0 Å². The highest BCUT2D eigenvalue weighted by atomic mass is 79.9. The smallest absolute Gasteiger partial charge is 0.0852 e. The molecule has 1 nitrogen and oxygen atoms in total. The Morgan fingerprint density at radius 3 is 3.30 bits per heavy atom. The van der Waals surface area contributed by atoms with Gasteiger partial charge in [-0.25, -0.2) is 0 Å². The number of pyridine rings is 1. The quantitative estimate of drug-likeness (QED) is 0.694. The van der Waals surface area contributed by atoms with Gasteiger partial charge in [-0.3, -0.25) is 4.98 Å². The van der Waals surface area contributed by atoms with Crippen LogP contribution in [0.2, 0.25) is 0 Å². The zero-order valence-corrected chi connectivity index (χ0v) is 6.41. The Hall–Kier alpha value is -0.370. The molecule has 0 radical (unpaired) electrons. The van der Waals surface area contributed by atoms with Crippen molar-refractivity contribution in [2.75, 3.05) is 0 Å².